The molecule has 0 radical (unpaired) electrons. The van der Waals surface area contributed by atoms with Gasteiger partial charge < -0.3 is 32.0 Å². The summed E-state index contributed by atoms with van der Waals surface area (Å²) < 4.78 is 0. The van der Waals surface area contributed by atoms with Gasteiger partial charge in [0.15, 0.2) is 5.96 Å². The number of aryl methyl sites for hydroxylation is 1. The molecule has 0 spiro atoms. The average Bonchev–Trinajstić information content (AvgIpc) is 3.51. The van der Waals surface area contributed by atoms with Crippen LogP contribution in [0.3, 0.4) is 0 Å². The van der Waals surface area contributed by atoms with Crippen molar-refractivity contribution in [3.05, 3.63) is 77.5 Å². The van der Waals surface area contributed by atoms with Crippen molar-refractivity contribution < 1.29 is 15.0 Å². The Morgan fingerprint density at radius 1 is 1.00 bits per heavy atom. The molecule has 3 atom stereocenters. The van der Waals surface area contributed by atoms with Crippen molar-refractivity contribution in [2.45, 2.75) is 89.0 Å². The Bertz CT molecular complexity index is 1350. The number of aliphatic carboxylic acids is 1. The molecule has 3 aromatic rings. The zero-order valence-electron chi connectivity index (χ0n) is 25.3. The molecule has 0 saturated heterocycles. The molecule has 1 aliphatic carbocycles. The van der Waals surface area contributed by atoms with Gasteiger partial charge in [0.25, 0.3) is 0 Å². The summed E-state index contributed by atoms with van der Waals surface area (Å²) >= 11 is 0. The summed E-state index contributed by atoms with van der Waals surface area (Å²) in [4.78, 5) is 19.3. The largest absolute Gasteiger partial charge is 0.478 e. The maximum Gasteiger partial charge on any atom is 0.328 e. The Morgan fingerprint density at radius 3 is 2.35 bits per heavy atom. The summed E-state index contributed by atoms with van der Waals surface area (Å²) in [7, 11) is 0. The summed E-state index contributed by atoms with van der Waals surface area (Å²) in [6, 6.07) is 17.0. The first-order valence-electron chi connectivity index (χ1n) is 16.0. The number of fused-ring (bicyclic) bond motifs is 2. The Labute approximate surface area is 255 Å². The third-order valence-electron chi connectivity index (χ3n) is 8.85. The van der Waals surface area contributed by atoms with E-state index >= 15 is 0 Å². The van der Waals surface area contributed by atoms with E-state index < -0.39 is 5.97 Å². The zero-order chi connectivity index (χ0) is 30.4. The van der Waals surface area contributed by atoms with Crippen LogP contribution >= 0.6 is 0 Å². The number of nitrogens with zero attached hydrogens (tertiary/aromatic N) is 1. The molecular weight excluding hydrogens is 538 g/mol. The lowest BCUT2D eigenvalue weighted by Crippen LogP contribution is -2.32. The Kier molecular flexibility index (Phi) is 12.5. The van der Waals surface area contributed by atoms with Crippen LogP contribution in [-0.2, 0) is 11.2 Å². The van der Waals surface area contributed by atoms with Crippen molar-refractivity contribution in [2.24, 2.45) is 22.4 Å². The fourth-order valence-electron chi connectivity index (χ4n) is 6.68. The number of aliphatic hydroxyl groups excluding tert-OH is 1. The smallest absolute Gasteiger partial charge is 0.328 e. The normalized spacial score (nSPS) is 17.4. The second-order valence-corrected chi connectivity index (χ2v) is 12.0. The maximum absolute atomic E-state index is 11.9. The van der Waals surface area contributed by atoms with Gasteiger partial charge in [-0.15, -0.1) is 0 Å². The number of aromatic amines is 1. The van der Waals surface area contributed by atoms with Gasteiger partial charge in [-0.25, -0.2) is 9.79 Å². The molecule has 1 aliphatic rings. The van der Waals surface area contributed by atoms with E-state index in [0.717, 1.165) is 44.3 Å². The van der Waals surface area contributed by atoms with Crippen molar-refractivity contribution in [1.82, 2.24) is 4.98 Å². The topological polar surface area (TPSA) is 150 Å². The monoisotopic (exact) mass is 587 g/mol. The Balaban J connectivity index is 1.56. The number of H-pyrrole nitrogens is 1. The van der Waals surface area contributed by atoms with Crippen LogP contribution in [0, 0.1) is 5.92 Å². The predicted molar refractivity (Wildman–Crippen MR) is 176 cm³/mol. The van der Waals surface area contributed by atoms with E-state index in [1.54, 1.807) is 0 Å². The summed E-state index contributed by atoms with van der Waals surface area (Å²) in [6.07, 6.45) is 16.4. The number of nitrogens with two attached hydrogens (primary N) is 2. The summed E-state index contributed by atoms with van der Waals surface area (Å²) in [5.74, 6) is 0.534. The molecule has 43 heavy (non-hydrogen) atoms. The van der Waals surface area contributed by atoms with E-state index in [9.17, 15) is 9.90 Å². The van der Waals surface area contributed by atoms with Crippen LogP contribution in [0.5, 0.6) is 0 Å². The molecule has 4 rings (SSSR count). The summed E-state index contributed by atoms with van der Waals surface area (Å²) in [5.41, 5.74) is 14.8. The van der Waals surface area contributed by atoms with Gasteiger partial charge in [-0.1, -0.05) is 81.3 Å². The minimum absolute atomic E-state index is 0.0559. The Morgan fingerprint density at radius 2 is 1.70 bits per heavy atom. The molecule has 0 saturated carbocycles. The van der Waals surface area contributed by atoms with Crippen molar-refractivity contribution in [1.29, 1.82) is 0 Å². The minimum atomic E-state index is -1.01. The lowest BCUT2D eigenvalue weighted by atomic mass is 9.69. The number of aliphatic imine (C=N–C) groups is 1. The van der Waals surface area contributed by atoms with Crippen LogP contribution < -0.4 is 16.8 Å². The molecule has 8 N–H and O–H groups in total. The predicted octanol–water partition coefficient (Wildman–Crippen LogP) is 6.47. The van der Waals surface area contributed by atoms with Gasteiger partial charge in [0.2, 0.25) is 0 Å². The number of carboxylic acids is 1. The number of carbonyl (C=O) groups is 1. The molecule has 0 bridgehead atoms. The number of aromatic nitrogens is 1. The molecule has 1 aromatic heterocycles. The van der Waals surface area contributed by atoms with Crippen molar-refractivity contribution >= 4 is 28.5 Å². The lowest BCUT2D eigenvalue weighted by Gasteiger charge is -2.37. The SMILES string of the molecule is NC(N)=NCC(=CC(=O)O)C(CC1CCc2cc3ccccc3cc2C1CCCCCCCCCCO)Nc1ccc[nH]1. The number of anilines is 1. The quantitative estimate of drug-likeness (QED) is 0.0434. The third kappa shape index (κ3) is 9.89. The number of hydrogen-bond donors (Lipinski definition) is 6. The number of nitrogens with one attached hydrogen (secondary N) is 2. The van der Waals surface area contributed by atoms with Crippen LogP contribution in [-0.4, -0.2) is 46.3 Å². The van der Waals surface area contributed by atoms with Gasteiger partial charge >= 0.3 is 5.97 Å². The second-order valence-electron chi connectivity index (χ2n) is 12.0. The van der Waals surface area contributed by atoms with E-state index in [1.807, 2.05) is 18.3 Å². The Hall–Kier alpha value is -3.78. The molecule has 1 heterocycles. The number of carboxylic acid groups (broad SMARTS) is 1. The van der Waals surface area contributed by atoms with Crippen LogP contribution in [0.2, 0.25) is 0 Å². The highest BCUT2D eigenvalue weighted by Gasteiger charge is 2.32. The minimum Gasteiger partial charge on any atom is -0.478 e. The molecular formula is C35H49N5O3. The molecule has 0 aliphatic heterocycles. The van der Waals surface area contributed by atoms with E-state index in [2.05, 4.69) is 51.7 Å². The first-order valence-corrected chi connectivity index (χ1v) is 16.0. The highest BCUT2D eigenvalue weighted by Crippen LogP contribution is 2.44. The lowest BCUT2D eigenvalue weighted by molar-refractivity contribution is -0.131. The molecule has 3 unspecified atom stereocenters. The molecule has 8 heteroatoms. The van der Waals surface area contributed by atoms with E-state index in [4.69, 9.17) is 16.6 Å². The van der Waals surface area contributed by atoms with Gasteiger partial charge in [-0.3, -0.25) is 0 Å². The fraction of sp³-hybridized carbons (Fsp3) is 0.486. The second kappa shape index (κ2) is 16.8. The summed E-state index contributed by atoms with van der Waals surface area (Å²) in [5, 5.41) is 24.8. The number of benzene rings is 2. The van der Waals surface area contributed by atoms with Crippen LogP contribution in [0.25, 0.3) is 10.8 Å². The van der Waals surface area contributed by atoms with E-state index in [-0.39, 0.29) is 18.5 Å². The summed E-state index contributed by atoms with van der Waals surface area (Å²) in [6.45, 7) is 0.423. The number of unbranched alkanes of at least 4 members (excludes halogenated alkanes) is 7. The van der Waals surface area contributed by atoms with Gasteiger partial charge in [-0.05, 0) is 83.5 Å². The van der Waals surface area contributed by atoms with Crippen LogP contribution in [0.15, 0.2) is 71.4 Å². The maximum atomic E-state index is 11.9. The van der Waals surface area contributed by atoms with Crippen LogP contribution in [0.4, 0.5) is 5.82 Å². The average molecular weight is 588 g/mol. The van der Waals surface area contributed by atoms with Gasteiger partial charge in [0.05, 0.1) is 12.6 Å². The van der Waals surface area contributed by atoms with Crippen LogP contribution in [0.1, 0.15) is 87.7 Å². The van der Waals surface area contributed by atoms with E-state index in [1.165, 1.54) is 66.5 Å². The molecule has 232 valence electrons. The number of rotatable bonds is 18. The number of aliphatic hydroxyl groups is 1. The van der Waals surface area contributed by atoms with Crippen molar-refractivity contribution in [3.8, 4) is 0 Å². The number of hydrogen-bond acceptors (Lipinski definition) is 4. The zero-order valence-corrected chi connectivity index (χ0v) is 25.3. The standard InChI is InChI=1S/C35H49N5O3/c36-35(37)39-24-29(23-34(42)43)32(40-33-15-11-18-38-33)22-28-17-16-27-20-25-12-8-9-13-26(25)21-31(27)30(28)14-7-5-3-1-2-4-6-10-19-41/h8-9,11-13,15,18,20-21,23,28,30,32,38,40-41H,1-7,10,14,16-17,19,22,24H2,(H,42,43)(H4,36,37,39). The first-order chi connectivity index (χ1) is 20.9. The van der Waals surface area contributed by atoms with Gasteiger partial charge in [0, 0.05) is 18.9 Å². The number of guanidine groups is 1. The molecule has 0 amide bonds. The molecule has 8 nitrogen and oxygen atoms in total. The third-order valence-corrected chi connectivity index (χ3v) is 8.85. The molecule has 0 fully saturated rings. The highest BCUT2D eigenvalue weighted by atomic mass is 16.4. The van der Waals surface area contributed by atoms with Gasteiger partial charge in [0.1, 0.15) is 5.82 Å². The van der Waals surface area contributed by atoms with Crippen molar-refractivity contribution in [3.63, 3.8) is 0 Å². The van der Waals surface area contributed by atoms with E-state index in [0.29, 0.717) is 24.0 Å². The fourth-order valence-corrected chi connectivity index (χ4v) is 6.68. The first kappa shape index (κ1) is 32.1. The highest BCUT2D eigenvalue weighted by molar-refractivity contribution is 5.84. The van der Waals surface area contributed by atoms with Gasteiger partial charge in [-0.2, -0.15) is 0 Å². The molecule has 2 aromatic carbocycles. The van der Waals surface area contributed by atoms with Crippen molar-refractivity contribution in [2.75, 3.05) is 18.5 Å².